The summed E-state index contributed by atoms with van der Waals surface area (Å²) in [6, 6.07) is 12.2. The van der Waals surface area contributed by atoms with Crippen LogP contribution in [0.15, 0.2) is 47.6 Å². The van der Waals surface area contributed by atoms with Gasteiger partial charge in [0, 0.05) is 35.9 Å². The number of aromatic nitrogens is 2. The van der Waals surface area contributed by atoms with Gasteiger partial charge < -0.3 is 15.7 Å². The summed E-state index contributed by atoms with van der Waals surface area (Å²) < 4.78 is 2.99. The van der Waals surface area contributed by atoms with E-state index in [0.717, 1.165) is 17.1 Å². The molecule has 140 valence electrons. The molecule has 2 aromatic heterocycles. The summed E-state index contributed by atoms with van der Waals surface area (Å²) >= 11 is 1.62. The molecule has 0 bridgehead atoms. The molecule has 0 spiro atoms. The Morgan fingerprint density at radius 2 is 2.12 bits per heavy atom. The Balaban J connectivity index is 0.00000243. The summed E-state index contributed by atoms with van der Waals surface area (Å²) in [5.41, 5.74) is 1.03. The van der Waals surface area contributed by atoms with Gasteiger partial charge in [-0.15, -0.1) is 35.3 Å². The highest BCUT2D eigenvalue weighted by Crippen LogP contribution is 2.29. The maximum Gasteiger partial charge on any atom is 0.191 e. The van der Waals surface area contributed by atoms with E-state index in [1.807, 2.05) is 38.2 Å². The molecule has 0 radical (unpaired) electrons. The zero-order valence-electron chi connectivity index (χ0n) is 14.8. The van der Waals surface area contributed by atoms with Gasteiger partial charge in [0.1, 0.15) is 6.10 Å². The average molecular weight is 485 g/mol. The number of fused-ring (bicyclic) bond motifs is 1. The van der Waals surface area contributed by atoms with Crippen LogP contribution >= 0.6 is 35.3 Å². The van der Waals surface area contributed by atoms with Crippen LogP contribution in [0.4, 0.5) is 0 Å². The minimum atomic E-state index is -0.571. The van der Waals surface area contributed by atoms with Crippen LogP contribution in [-0.4, -0.2) is 33.9 Å². The number of rotatable bonds is 6. The highest BCUT2D eigenvalue weighted by atomic mass is 127. The molecule has 3 aromatic rings. The number of aryl methyl sites for hydroxylation is 1. The topological polar surface area (TPSA) is 74.5 Å². The number of halogens is 1. The number of aliphatic hydroxyl groups excluding tert-OH is 1. The normalized spacial score (nSPS) is 12.7. The first-order valence-electron chi connectivity index (χ1n) is 8.33. The van der Waals surface area contributed by atoms with Gasteiger partial charge in [0.15, 0.2) is 5.96 Å². The van der Waals surface area contributed by atoms with E-state index in [0.29, 0.717) is 19.0 Å². The number of benzene rings is 1. The molecule has 1 aromatic carbocycles. The van der Waals surface area contributed by atoms with Crippen LogP contribution in [0.2, 0.25) is 0 Å². The van der Waals surface area contributed by atoms with Gasteiger partial charge in [-0.25, -0.2) is 4.99 Å². The molecule has 6 nitrogen and oxygen atoms in total. The molecule has 26 heavy (non-hydrogen) atoms. The second kappa shape index (κ2) is 9.89. The fraction of sp³-hybridized carbons (Fsp3) is 0.333. The van der Waals surface area contributed by atoms with E-state index in [4.69, 9.17) is 0 Å². The highest BCUT2D eigenvalue weighted by molar-refractivity contribution is 14.0. The molecule has 0 amide bonds. The van der Waals surface area contributed by atoms with E-state index >= 15 is 0 Å². The average Bonchev–Trinajstić information content (AvgIpc) is 3.23. The second-order valence-corrected chi connectivity index (χ2v) is 6.84. The van der Waals surface area contributed by atoms with Crippen LogP contribution in [-0.2, 0) is 13.6 Å². The van der Waals surface area contributed by atoms with Crippen LogP contribution in [0.3, 0.4) is 0 Å². The molecule has 0 aliphatic carbocycles. The number of guanidine groups is 1. The van der Waals surface area contributed by atoms with Gasteiger partial charge in [0.05, 0.1) is 12.2 Å². The number of hydrogen-bond donors (Lipinski definition) is 3. The van der Waals surface area contributed by atoms with Crippen molar-refractivity contribution in [3.8, 4) is 0 Å². The first-order chi connectivity index (χ1) is 12.2. The fourth-order valence-corrected chi connectivity index (χ4v) is 3.57. The van der Waals surface area contributed by atoms with Crippen molar-refractivity contribution in [2.75, 3.05) is 13.1 Å². The summed E-state index contributed by atoms with van der Waals surface area (Å²) in [6.07, 6.45) is 1.19. The maximum absolute atomic E-state index is 10.5. The Kier molecular flexibility index (Phi) is 7.85. The van der Waals surface area contributed by atoms with E-state index in [1.165, 1.54) is 10.1 Å². The molecule has 0 saturated carbocycles. The third kappa shape index (κ3) is 5.18. The summed E-state index contributed by atoms with van der Waals surface area (Å²) in [5, 5.41) is 22.2. The van der Waals surface area contributed by atoms with Crippen molar-refractivity contribution in [3.63, 3.8) is 0 Å². The summed E-state index contributed by atoms with van der Waals surface area (Å²) in [4.78, 5) is 5.51. The van der Waals surface area contributed by atoms with Crippen LogP contribution in [0.25, 0.3) is 10.1 Å². The second-order valence-electron chi connectivity index (χ2n) is 5.72. The van der Waals surface area contributed by atoms with Crippen molar-refractivity contribution in [3.05, 3.63) is 53.2 Å². The van der Waals surface area contributed by atoms with Gasteiger partial charge >= 0.3 is 0 Å². The summed E-state index contributed by atoms with van der Waals surface area (Å²) in [7, 11) is 1.90. The summed E-state index contributed by atoms with van der Waals surface area (Å²) in [6.45, 7) is 3.72. The standard InChI is InChI=1S/C18H23N5OS.HI/c1-3-19-18(20-11-14-8-9-22-23(14)2)21-12-15(24)17-10-13-6-4-5-7-16(13)25-17;/h4-10,15,24H,3,11-12H2,1-2H3,(H2,19,20,21);1H. The quantitative estimate of drug-likeness (QED) is 0.285. The van der Waals surface area contributed by atoms with E-state index in [-0.39, 0.29) is 24.0 Å². The van der Waals surface area contributed by atoms with Crippen molar-refractivity contribution in [1.82, 2.24) is 20.4 Å². The molecule has 0 aliphatic heterocycles. The molecule has 3 N–H and O–H groups in total. The lowest BCUT2D eigenvalue weighted by Crippen LogP contribution is -2.39. The molecule has 1 atom stereocenters. The van der Waals surface area contributed by atoms with Crippen molar-refractivity contribution >= 4 is 51.4 Å². The minimum Gasteiger partial charge on any atom is -0.386 e. The molecule has 0 aliphatic rings. The predicted molar refractivity (Wildman–Crippen MR) is 118 cm³/mol. The first-order valence-corrected chi connectivity index (χ1v) is 9.14. The minimum absolute atomic E-state index is 0. The molecule has 3 rings (SSSR count). The predicted octanol–water partition coefficient (Wildman–Crippen LogP) is 3.04. The van der Waals surface area contributed by atoms with Gasteiger partial charge in [0.25, 0.3) is 0 Å². The fourth-order valence-electron chi connectivity index (χ4n) is 2.52. The van der Waals surface area contributed by atoms with Crippen LogP contribution in [0, 0.1) is 0 Å². The zero-order chi connectivity index (χ0) is 17.6. The van der Waals surface area contributed by atoms with Crippen molar-refractivity contribution < 1.29 is 5.11 Å². The van der Waals surface area contributed by atoms with Crippen LogP contribution < -0.4 is 10.6 Å². The third-order valence-electron chi connectivity index (χ3n) is 3.90. The Hall–Kier alpha value is -1.65. The lowest BCUT2D eigenvalue weighted by Gasteiger charge is -2.14. The van der Waals surface area contributed by atoms with Crippen molar-refractivity contribution in [2.45, 2.75) is 19.6 Å². The number of aliphatic imine (C=N–C) groups is 1. The zero-order valence-corrected chi connectivity index (χ0v) is 18.0. The molecular formula is C18H24IN5OS. The highest BCUT2D eigenvalue weighted by Gasteiger charge is 2.12. The number of aliphatic hydroxyl groups is 1. The molecule has 1 unspecified atom stereocenters. The Morgan fingerprint density at radius 1 is 1.31 bits per heavy atom. The summed E-state index contributed by atoms with van der Waals surface area (Å²) in [5.74, 6) is 0.684. The first kappa shape index (κ1) is 20.7. The largest absolute Gasteiger partial charge is 0.386 e. The molecular weight excluding hydrogens is 461 g/mol. The lowest BCUT2D eigenvalue weighted by molar-refractivity contribution is 0.184. The van der Waals surface area contributed by atoms with E-state index < -0.39 is 6.10 Å². The Morgan fingerprint density at radius 3 is 2.81 bits per heavy atom. The van der Waals surface area contributed by atoms with Crippen LogP contribution in [0.5, 0.6) is 0 Å². The lowest BCUT2D eigenvalue weighted by atomic mass is 10.2. The number of nitrogens with zero attached hydrogens (tertiary/aromatic N) is 3. The molecule has 0 fully saturated rings. The molecule has 2 heterocycles. The Labute approximate surface area is 174 Å². The van der Waals surface area contributed by atoms with Gasteiger partial charge in [-0.3, -0.25) is 4.68 Å². The van der Waals surface area contributed by atoms with Crippen molar-refractivity contribution in [1.29, 1.82) is 0 Å². The number of thiophene rings is 1. The number of nitrogens with one attached hydrogen (secondary N) is 2. The molecule has 8 heteroatoms. The van der Waals surface area contributed by atoms with Gasteiger partial charge in [0.2, 0.25) is 0 Å². The van der Waals surface area contributed by atoms with Gasteiger partial charge in [-0.1, -0.05) is 18.2 Å². The van der Waals surface area contributed by atoms with Crippen LogP contribution in [0.1, 0.15) is 23.6 Å². The van der Waals surface area contributed by atoms with Crippen molar-refractivity contribution in [2.24, 2.45) is 12.0 Å². The smallest absolute Gasteiger partial charge is 0.191 e. The van der Waals surface area contributed by atoms with Gasteiger partial charge in [-0.05, 0) is 30.5 Å². The van der Waals surface area contributed by atoms with E-state index in [2.05, 4.69) is 32.9 Å². The SMILES string of the molecule is CCNC(=NCc1ccnn1C)NCC(O)c1cc2ccccc2s1.I. The van der Waals surface area contributed by atoms with Gasteiger partial charge in [-0.2, -0.15) is 5.10 Å². The maximum atomic E-state index is 10.5. The number of hydrogen-bond acceptors (Lipinski definition) is 4. The molecule has 0 saturated heterocycles. The monoisotopic (exact) mass is 485 g/mol. The Bertz CT molecular complexity index is 827. The third-order valence-corrected chi connectivity index (χ3v) is 5.12. The van der Waals surface area contributed by atoms with E-state index in [9.17, 15) is 5.11 Å². The van der Waals surface area contributed by atoms with E-state index in [1.54, 1.807) is 22.2 Å².